The zero-order chi connectivity index (χ0) is 27.9. The number of halogens is 1. The van der Waals surface area contributed by atoms with Crippen molar-refractivity contribution in [3.63, 3.8) is 0 Å². The second-order valence-corrected chi connectivity index (χ2v) is 8.44. The number of aldehydes is 1. The van der Waals surface area contributed by atoms with Gasteiger partial charge >= 0.3 is 0 Å². The fourth-order valence-corrected chi connectivity index (χ4v) is 4.04. The molecule has 2 aromatic heterocycles. The van der Waals surface area contributed by atoms with Crippen LogP contribution in [0.25, 0.3) is 10.9 Å². The van der Waals surface area contributed by atoms with Crippen molar-refractivity contribution in [3.8, 4) is 17.2 Å². The first-order valence-electron chi connectivity index (χ1n) is 11.7. The Balaban J connectivity index is 0.00000172. The van der Waals surface area contributed by atoms with E-state index in [2.05, 4.69) is 26.3 Å². The van der Waals surface area contributed by atoms with E-state index in [1.807, 2.05) is 6.07 Å². The summed E-state index contributed by atoms with van der Waals surface area (Å²) in [6.45, 7) is 0.339. The molecule has 4 N–H and O–H groups in total. The third kappa shape index (κ3) is 5.71. The number of hydrogen-bond acceptors (Lipinski definition) is 10. The number of anilines is 3. The molecule has 0 saturated heterocycles. The maximum absolute atomic E-state index is 12.2. The van der Waals surface area contributed by atoms with E-state index in [9.17, 15) is 14.4 Å². The summed E-state index contributed by atoms with van der Waals surface area (Å²) >= 11 is 6.47. The SMILES string of the molecule is CN.COc1cc2nccc(Oc3ccc(Nc4c(NCc5cccnc5)c(=O)c4=O)c(Cl)c3)c2cc1C=O. The van der Waals surface area contributed by atoms with E-state index in [0.29, 0.717) is 52.2 Å². The third-order valence-electron chi connectivity index (χ3n) is 5.71. The monoisotopic (exact) mass is 545 g/mol. The van der Waals surface area contributed by atoms with Crippen LogP contribution in [0, 0.1) is 0 Å². The Morgan fingerprint density at radius 2 is 1.79 bits per heavy atom. The van der Waals surface area contributed by atoms with Crippen molar-refractivity contribution in [2.75, 3.05) is 24.8 Å². The third-order valence-corrected chi connectivity index (χ3v) is 6.02. The Labute approximate surface area is 228 Å². The molecule has 0 saturated carbocycles. The molecule has 0 radical (unpaired) electrons. The van der Waals surface area contributed by atoms with Gasteiger partial charge in [-0.3, -0.25) is 24.4 Å². The number of rotatable bonds is 9. The second kappa shape index (κ2) is 12.2. The molecule has 5 rings (SSSR count). The van der Waals surface area contributed by atoms with Crippen molar-refractivity contribution >= 4 is 45.9 Å². The quantitative estimate of drug-likeness (QED) is 0.180. The molecule has 0 amide bonds. The van der Waals surface area contributed by atoms with E-state index in [4.69, 9.17) is 21.1 Å². The van der Waals surface area contributed by atoms with Crippen LogP contribution >= 0.6 is 11.6 Å². The van der Waals surface area contributed by atoms with Gasteiger partial charge in [0, 0.05) is 42.7 Å². The van der Waals surface area contributed by atoms with E-state index in [0.717, 1.165) is 5.56 Å². The van der Waals surface area contributed by atoms with Gasteiger partial charge in [0.1, 0.15) is 28.6 Å². The first kappa shape index (κ1) is 27.2. The lowest BCUT2D eigenvalue weighted by Crippen LogP contribution is -2.36. The number of hydrogen-bond donors (Lipinski definition) is 3. The minimum absolute atomic E-state index is 0.139. The summed E-state index contributed by atoms with van der Waals surface area (Å²) in [4.78, 5) is 44.1. The van der Waals surface area contributed by atoms with Crippen LogP contribution in [-0.4, -0.2) is 30.4 Å². The Morgan fingerprint density at radius 3 is 2.49 bits per heavy atom. The zero-order valence-corrected chi connectivity index (χ0v) is 21.8. The number of nitrogens with one attached hydrogen (secondary N) is 2. The lowest BCUT2D eigenvalue weighted by molar-refractivity contribution is 0.112. The fraction of sp³-hybridized carbons (Fsp3) is 0.107. The van der Waals surface area contributed by atoms with Crippen molar-refractivity contribution < 1.29 is 14.3 Å². The lowest BCUT2D eigenvalue weighted by Gasteiger charge is -2.16. The first-order valence-corrected chi connectivity index (χ1v) is 12.1. The maximum atomic E-state index is 12.2. The summed E-state index contributed by atoms with van der Waals surface area (Å²) in [5.74, 6) is 1.31. The van der Waals surface area contributed by atoms with Crippen molar-refractivity contribution in [1.29, 1.82) is 0 Å². The van der Waals surface area contributed by atoms with Crippen molar-refractivity contribution in [3.05, 3.63) is 104 Å². The smallest absolute Gasteiger partial charge is 0.253 e. The normalized spacial score (nSPS) is 10.5. The lowest BCUT2D eigenvalue weighted by atomic mass is 10.1. The molecule has 0 aliphatic heterocycles. The first-order chi connectivity index (χ1) is 19.0. The molecule has 0 unspecified atom stereocenters. The summed E-state index contributed by atoms with van der Waals surface area (Å²) in [5, 5.41) is 6.82. The number of benzene rings is 2. The number of fused-ring (bicyclic) bond motifs is 1. The number of methoxy groups -OCH3 is 1. The highest BCUT2D eigenvalue weighted by atomic mass is 35.5. The highest BCUT2D eigenvalue weighted by Gasteiger charge is 2.22. The van der Waals surface area contributed by atoms with E-state index < -0.39 is 10.9 Å². The van der Waals surface area contributed by atoms with E-state index in [-0.39, 0.29) is 16.4 Å². The molecule has 3 aromatic carbocycles. The Morgan fingerprint density at radius 1 is 1.00 bits per heavy atom. The average molecular weight is 546 g/mol. The molecule has 0 atom stereocenters. The maximum Gasteiger partial charge on any atom is 0.253 e. The summed E-state index contributed by atoms with van der Waals surface area (Å²) < 4.78 is 11.3. The van der Waals surface area contributed by atoms with Crippen LogP contribution in [0.4, 0.5) is 17.1 Å². The predicted molar refractivity (Wildman–Crippen MR) is 152 cm³/mol. The van der Waals surface area contributed by atoms with E-state index in [1.54, 1.807) is 61.1 Å². The summed E-state index contributed by atoms with van der Waals surface area (Å²) in [6.07, 6.45) is 5.61. The molecule has 39 heavy (non-hydrogen) atoms. The molecular formula is C28H24ClN5O5. The van der Waals surface area contributed by atoms with Gasteiger partial charge in [-0.1, -0.05) is 17.7 Å². The molecule has 10 nitrogen and oxygen atoms in total. The molecule has 2 heterocycles. The predicted octanol–water partition coefficient (Wildman–Crippen LogP) is 4.42. The van der Waals surface area contributed by atoms with Crippen molar-refractivity contribution in [1.82, 2.24) is 9.97 Å². The molecule has 0 aliphatic rings. The van der Waals surface area contributed by atoms with E-state index >= 15 is 0 Å². The van der Waals surface area contributed by atoms with Gasteiger partial charge in [-0.05, 0) is 42.9 Å². The van der Waals surface area contributed by atoms with Crippen LogP contribution in [0.3, 0.4) is 0 Å². The molecular weight excluding hydrogens is 522 g/mol. The fourth-order valence-electron chi connectivity index (χ4n) is 3.82. The number of pyridine rings is 2. The van der Waals surface area contributed by atoms with Gasteiger partial charge < -0.3 is 25.8 Å². The van der Waals surface area contributed by atoms with Gasteiger partial charge in [0.2, 0.25) is 0 Å². The van der Waals surface area contributed by atoms with Gasteiger partial charge in [-0.25, -0.2) is 0 Å². The van der Waals surface area contributed by atoms with Gasteiger partial charge in [0.05, 0.1) is 28.9 Å². The molecule has 0 aliphatic carbocycles. The van der Waals surface area contributed by atoms with Crippen LogP contribution in [-0.2, 0) is 6.54 Å². The molecule has 0 spiro atoms. The molecule has 198 valence electrons. The largest absolute Gasteiger partial charge is 0.496 e. The summed E-state index contributed by atoms with van der Waals surface area (Å²) in [6, 6.07) is 13.5. The number of carbonyl (C=O) groups excluding carboxylic acids is 1. The van der Waals surface area contributed by atoms with Gasteiger partial charge in [0.15, 0.2) is 6.29 Å². The number of aromatic nitrogens is 2. The molecule has 0 fully saturated rings. The Kier molecular flexibility index (Phi) is 8.50. The number of ether oxygens (including phenoxy) is 2. The summed E-state index contributed by atoms with van der Waals surface area (Å²) in [7, 11) is 2.98. The molecule has 0 bridgehead atoms. The van der Waals surface area contributed by atoms with Crippen LogP contribution in [0.1, 0.15) is 15.9 Å². The van der Waals surface area contributed by atoms with Crippen LogP contribution in [0.2, 0.25) is 5.02 Å². The van der Waals surface area contributed by atoms with Gasteiger partial charge in [-0.15, -0.1) is 0 Å². The standard InChI is InChI=1S/C27H19ClN4O5.CH5N/c1-36-23-11-21-18(9-16(23)14-33)22(6-8-30-21)37-17-4-5-20(19(28)10-17)32-25-24(26(34)27(25)35)31-13-15-3-2-7-29-12-15;1-2/h2-12,14,31-32H,13H2,1H3;2H2,1H3. The van der Waals surface area contributed by atoms with Crippen molar-refractivity contribution in [2.45, 2.75) is 6.54 Å². The van der Waals surface area contributed by atoms with Crippen LogP contribution in [0.5, 0.6) is 17.2 Å². The minimum atomic E-state index is -0.630. The topological polar surface area (TPSA) is 146 Å². The van der Waals surface area contributed by atoms with E-state index in [1.165, 1.54) is 14.2 Å². The number of nitrogens with zero attached hydrogens (tertiary/aromatic N) is 2. The number of nitrogens with two attached hydrogens (primary N) is 1. The Hall–Kier alpha value is -4.80. The van der Waals surface area contributed by atoms with Crippen LogP contribution < -0.4 is 36.7 Å². The molecule has 5 aromatic rings. The van der Waals surface area contributed by atoms with Crippen molar-refractivity contribution in [2.24, 2.45) is 5.73 Å². The minimum Gasteiger partial charge on any atom is -0.496 e. The zero-order valence-electron chi connectivity index (χ0n) is 21.0. The Bertz CT molecular complexity index is 1700. The molecule has 11 heteroatoms. The van der Waals surface area contributed by atoms with Gasteiger partial charge in [0.25, 0.3) is 10.9 Å². The summed E-state index contributed by atoms with van der Waals surface area (Å²) in [5.41, 5.74) is 5.85. The highest BCUT2D eigenvalue weighted by molar-refractivity contribution is 6.33. The number of carbonyl (C=O) groups is 1. The van der Waals surface area contributed by atoms with Crippen LogP contribution in [0.15, 0.2) is 76.7 Å². The second-order valence-electron chi connectivity index (χ2n) is 8.03. The van der Waals surface area contributed by atoms with Gasteiger partial charge in [-0.2, -0.15) is 0 Å². The average Bonchev–Trinajstić information content (AvgIpc) is 2.98. The highest BCUT2D eigenvalue weighted by Crippen LogP contribution is 2.36.